The number of rotatable bonds is 7. The summed E-state index contributed by atoms with van der Waals surface area (Å²) in [4.78, 5) is 23.9. The summed E-state index contributed by atoms with van der Waals surface area (Å²) < 4.78 is 5.34. The fourth-order valence-electron chi connectivity index (χ4n) is 3.30. The summed E-state index contributed by atoms with van der Waals surface area (Å²) in [6.45, 7) is 4.90. The van der Waals surface area contributed by atoms with E-state index in [9.17, 15) is 4.79 Å². The Hall–Kier alpha value is -2.48. The molecule has 0 radical (unpaired) electrons. The molecular formula is C22H24N4O2S. The van der Waals surface area contributed by atoms with Gasteiger partial charge in [-0.2, -0.15) is 0 Å². The van der Waals surface area contributed by atoms with Crippen LogP contribution in [0.5, 0.6) is 0 Å². The molecule has 1 fully saturated rings. The first-order valence-electron chi connectivity index (χ1n) is 9.81. The molecule has 2 heterocycles. The van der Waals surface area contributed by atoms with Gasteiger partial charge in [-0.05, 0) is 6.07 Å². The Labute approximate surface area is 174 Å². The summed E-state index contributed by atoms with van der Waals surface area (Å²) in [5.74, 6) is 0.302. The van der Waals surface area contributed by atoms with Crippen molar-refractivity contribution in [2.45, 2.75) is 5.16 Å². The summed E-state index contributed by atoms with van der Waals surface area (Å²) in [6.07, 6.45) is 0. The van der Waals surface area contributed by atoms with Crippen LogP contribution in [0.15, 0.2) is 59.8 Å². The first-order chi connectivity index (χ1) is 14.3. The zero-order valence-corrected chi connectivity index (χ0v) is 17.0. The molecule has 1 aliphatic heterocycles. The van der Waals surface area contributed by atoms with E-state index in [4.69, 9.17) is 9.72 Å². The van der Waals surface area contributed by atoms with Crippen molar-refractivity contribution in [3.8, 4) is 11.3 Å². The monoisotopic (exact) mass is 408 g/mol. The molecule has 3 aromatic rings. The van der Waals surface area contributed by atoms with E-state index in [0.717, 1.165) is 55.0 Å². The fourth-order valence-corrected chi connectivity index (χ4v) is 3.98. The minimum atomic E-state index is 0.00118. The fraction of sp³-hybridized carbons (Fsp3) is 0.318. The molecule has 0 atom stereocenters. The lowest BCUT2D eigenvalue weighted by Gasteiger charge is -2.26. The van der Waals surface area contributed by atoms with Crippen LogP contribution in [0.25, 0.3) is 22.2 Å². The van der Waals surface area contributed by atoms with Gasteiger partial charge in [0.25, 0.3) is 0 Å². The maximum atomic E-state index is 12.2. The quantitative estimate of drug-likeness (QED) is 0.479. The number of carbonyl (C=O) groups excluding carboxylic acids is 1. The normalized spacial score (nSPS) is 14.8. The lowest BCUT2D eigenvalue weighted by atomic mass is 10.1. The van der Waals surface area contributed by atoms with E-state index in [0.29, 0.717) is 17.5 Å². The number of thioether (sulfide) groups is 1. The second-order valence-corrected chi connectivity index (χ2v) is 7.77. The van der Waals surface area contributed by atoms with Crippen LogP contribution in [0.1, 0.15) is 0 Å². The minimum absolute atomic E-state index is 0.00118. The van der Waals surface area contributed by atoms with E-state index >= 15 is 0 Å². The van der Waals surface area contributed by atoms with Crippen LogP contribution < -0.4 is 5.32 Å². The highest BCUT2D eigenvalue weighted by Gasteiger charge is 2.13. The first-order valence-corrected chi connectivity index (χ1v) is 10.8. The van der Waals surface area contributed by atoms with Crippen LogP contribution in [0.4, 0.5) is 0 Å². The molecule has 1 saturated heterocycles. The summed E-state index contributed by atoms with van der Waals surface area (Å²) in [7, 11) is 0. The number of para-hydroxylation sites is 1. The Balaban J connectivity index is 1.39. The Morgan fingerprint density at radius 2 is 1.79 bits per heavy atom. The molecule has 150 valence electrons. The molecule has 1 amide bonds. The molecule has 1 aliphatic rings. The average Bonchev–Trinajstić information content (AvgIpc) is 2.78. The van der Waals surface area contributed by atoms with E-state index in [1.165, 1.54) is 11.8 Å². The Kier molecular flexibility index (Phi) is 6.71. The zero-order valence-electron chi connectivity index (χ0n) is 16.2. The van der Waals surface area contributed by atoms with Crippen LogP contribution >= 0.6 is 11.8 Å². The predicted molar refractivity (Wildman–Crippen MR) is 116 cm³/mol. The van der Waals surface area contributed by atoms with Crippen molar-refractivity contribution < 1.29 is 9.53 Å². The highest BCUT2D eigenvalue weighted by molar-refractivity contribution is 7.99. The molecule has 0 spiro atoms. The average molecular weight is 409 g/mol. The van der Waals surface area contributed by atoms with Crippen molar-refractivity contribution in [2.75, 3.05) is 45.1 Å². The van der Waals surface area contributed by atoms with Gasteiger partial charge in [-0.1, -0.05) is 60.3 Å². The van der Waals surface area contributed by atoms with Crippen LogP contribution in [-0.4, -0.2) is 65.9 Å². The van der Waals surface area contributed by atoms with Gasteiger partial charge in [-0.15, -0.1) is 0 Å². The molecule has 0 unspecified atom stereocenters. The highest BCUT2D eigenvalue weighted by Crippen LogP contribution is 2.28. The van der Waals surface area contributed by atoms with Crippen LogP contribution in [0.2, 0.25) is 0 Å². The van der Waals surface area contributed by atoms with Gasteiger partial charge in [-0.25, -0.2) is 9.97 Å². The van der Waals surface area contributed by atoms with Crippen molar-refractivity contribution in [2.24, 2.45) is 0 Å². The number of carbonyl (C=O) groups is 1. The van der Waals surface area contributed by atoms with Gasteiger partial charge in [0, 0.05) is 37.1 Å². The van der Waals surface area contributed by atoms with Gasteiger partial charge in [0.1, 0.15) is 0 Å². The van der Waals surface area contributed by atoms with E-state index in [1.54, 1.807) is 0 Å². The standard InChI is InChI=1S/C22H24N4O2S/c27-20(23-10-11-26-12-14-28-15-13-26)16-29-22-24-19-9-5-4-8-18(19)21(25-22)17-6-2-1-3-7-17/h1-9H,10-16H2,(H,23,27). The number of morpholine rings is 1. The van der Waals surface area contributed by atoms with E-state index in [1.807, 2.05) is 54.6 Å². The third kappa shape index (κ3) is 5.32. The van der Waals surface area contributed by atoms with E-state index in [2.05, 4.69) is 15.2 Å². The second kappa shape index (κ2) is 9.82. The topological polar surface area (TPSA) is 67.4 Å². The summed E-state index contributed by atoms with van der Waals surface area (Å²) in [5.41, 5.74) is 2.82. The van der Waals surface area contributed by atoms with Gasteiger partial charge in [0.05, 0.1) is 30.2 Å². The molecule has 7 heteroatoms. The molecule has 4 rings (SSSR count). The smallest absolute Gasteiger partial charge is 0.230 e. The first kappa shape index (κ1) is 19.8. The maximum absolute atomic E-state index is 12.2. The second-order valence-electron chi connectivity index (χ2n) is 6.83. The van der Waals surface area contributed by atoms with Gasteiger partial charge in [0.2, 0.25) is 5.91 Å². The van der Waals surface area contributed by atoms with Crippen LogP contribution in [0, 0.1) is 0 Å². The number of benzene rings is 2. The molecule has 29 heavy (non-hydrogen) atoms. The molecule has 1 N–H and O–H groups in total. The largest absolute Gasteiger partial charge is 0.379 e. The zero-order chi connectivity index (χ0) is 19.9. The number of hydrogen-bond donors (Lipinski definition) is 1. The van der Waals surface area contributed by atoms with E-state index < -0.39 is 0 Å². The summed E-state index contributed by atoms with van der Waals surface area (Å²) in [5, 5.41) is 4.61. The number of aromatic nitrogens is 2. The minimum Gasteiger partial charge on any atom is -0.379 e. The predicted octanol–water partition coefficient (Wildman–Crippen LogP) is 2.84. The number of hydrogen-bond acceptors (Lipinski definition) is 6. The Morgan fingerprint density at radius 1 is 1.03 bits per heavy atom. The lowest BCUT2D eigenvalue weighted by molar-refractivity contribution is -0.118. The number of ether oxygens (including phenoxy) is 1. The third-order valence-corrected chi connectivity index (χ3v) is 5.66. The summed E-state index contributed by atoms with van der Waals surface area (Å²) >= 11 is 1.37. The Morgan fingerprint density at radius 3 is 2.62 bits per heavy atom. The van der Waals surface area contributed by atoms with Gasteiger partial charge in [0.15, 0.2) is 5.16 Å². The number of nitrogens with one attached hydrogen (secondary N) is 1. The molecule has 6 nitrogen and oxygen atoms in total. The lowest BCUT2D eigenvalue weighted by Crippen LogP contribution is -2.41. The number of nitrogens with zero attached hydrogens (tertiary/aromatic N) is 3. The molecule has 0 bridgehead atoms. The van der Waals surface area contributed by atoms with Crippen molar-refractivity contribution in [1.29, 1.82) is 0 Å². The van der Waals surface area contributed by atoms with Crippen LogP contribution in [0.3, 0.4) is 0 Å². The molecule has 0 aliphatic carbocycles. The number of amides is 1. The van der Waals surface area contributed by atoms with Crippen molar-refractivity contribution in [3.63, 3.8) is 0 Å². The number of fused-ring (bicyclic) bond motifs is 1. The van der Waals surface area contributed by atoms with Gasteiger partial charge < -0.3 is 10.1 Å². The third-order valence-electron chi connectivity index (χ3n) is 4.82. The highest BCUT2D eigenvalue weighted by atomic mass is 32.2. The van der Waals surface area contributed by atoms with Crippen LogP contribution in [-0.2, 0) is 9.53 Å². The van der Waals surface area contributed by atoms with Crippen molar-refractivity contribution in [1.82, 2.24) is 20.2 Å². The van der Waals surface area contributed by atoms with Gasteiger partial charge >= 0.3 is 0 Å². The molecule has 0 saturated carbocycles. The van der Waals surface area contributed by atoms with Crippen molar-refractivity contribution in [3.05, 3.63) is 54.6 Å². The van der Waals surface area contributed by atoms with E-state index in [-0.39, 0.29) is 5.91 Å². The maximum Gasteiger partial charge on any atom is 0.230 e. The summed E-state index contributed by atoms with van der Waals surface area (Å²) in [6, 6.07) is 18.1. The van der Waals surface area contributed by atoms with Gasteiger partial charge in [-0.3, -0.25) is 9.69 Å². The SMILES string of the molecule is O=C(CSc1nc(-c2ccccc2)c2ccccc2n1)NCCN1CCOCC1. The molecule has 1 aromatic heterocycles. The molecular weight excluding hydrogens is 384 g/mol. The Bertz CT molecular complexity index is 961. The van der Waals surface area contributed by atoms with Crippen molar-refractivity contribution >= 4 is 28.6 Å². The molecule has 2 aromatic carbocycles.